The van der Waals surface area contributed by atoms with Gasteiger partial charge in [0, 0.05) is 18.8 Å². The van der Waals surface area contributed by atoms with Gasteiger partial charge in [-0.05, 0) is 25.0 Å². The van der Waals surface area contributed by atoms with E-state index in [9.17, 15) is 0 Å². The normalized spacial score (nSPS) is 10.7. The van der Waals surface area contributed by atoms with Crippen molar-refractivity contribution in [1.29, 1.82) is 0 Å². The van der Waals surface area contributed by atoms with Crippen molar-refractivity contribution in [3.8, 4) is 5.75 Å². The molecular weight excluding hydrogens is 210 g/mol. The van der Waals surface area contributed by atoms with Gasteiger partial charge in [-0.15, -0.1) is 0 Å². The van der Waals surface area contributed by atoms with Crippen LogP contribution in [-0.4, -0.2) is 13.7 Å². The summed E-state index contributed by atoms with van der Waals surface area (Å²) in [5, 5.41) is 3.10. The molecule has 0 saturated heterocycles. The van der Waals surface area contributed by atoms with E-state index in [0.717, 1.165) is 24.5 Å². The van der Waals surface area contributed by atoms with Gasteiger partial charge < -0.3 is 10.1 Å². The van der Waals surface area contributed by atoms with Gasteiger partial charge in [0.25, 0.3) is 0 Å². The van der Waals surface area contributed by atoms with E-state index in [1.165, 1.54) is 19.3 Å². The lowest BCUT2D eigenvalue weighted by atomic mass is 10.2. The summed E-state index contributed by atoms with van der Waals surface area (Å²) in [7, 11) is 1.91. The molecule has 0 aliphatic rings. The minimum atomic E-state index is 0.746. The standard InChI is InChI=1S/C15H23NO/c1-3-4-5-6-7-8-12-17-15-11-9-10-14(13-15)16-2/h6-7,9-11,13,16H,3-5,8,12H2,1-2H3. The molecule has 1 rings (SSSR count). The van der Waals surface area contributed by atoms with Crippen LogP contribution in [0.3, 0.4) is 0 Å². The Hall–Kier alpha value is -1.44. The number of allylic oxidation sites excluding steroid dienone is 1. The highest BCUT2D eigenvalue weighted by Crippen LogP contribution is 2.16. The highest BCUT2D eigenvalue weighted by Gasteiger charge is 1.93. The summed E-state index contributed by atoms with van der Waals surface area (Å²) in [5.41, 5.74) is 1.08. The minimum Gasteiger partial charge on any atom is -0.493 e. The fourth-order valence-corrected chi connectivity index (χ4v) is 1.54. The average Bonchev–Trinajstić information content (AvgIpc) is 2.38. The van der Waals surface area contributed by atoms with Crippen LogP contribution in [-0.2, 0) is 0 Å². The molecule has 0 spiro atoms. The van der Waals surface area contributed by atoms with Crippen molar-refractivity contribution in [2.24, 2.45) is 0 Å². The van der Waals surface area contributed by atoms with Crippen LogP contribution in [0.15, 0.2) is 36.4 Å². The van der Waals surface area contributed by atoms with Crippen molar-refractivity contribution in [3.63, 3.8) is 0 Å². The van der Waals surface area contributed by atoms with Crippen LogP contribution in [0.2, 0.25) is 0 Å². The molecule has 0 atom stereocenters. The molecule has 1 aromatic carbocycles. The van der Waals surface area contributed by atoms with Gasteiger partial charge in [0.1, 0.15) is 5.75 Å². The topological polar surface area (TPSA) is 21.3 Å². The number of ether oxygens (including phenoxy) is 1. The summed E-state index contributed by atoms with van der Waals surface area (Å²) in [5.74, 6) is 0.929. The number of hydrogen-bond acceptors (Lipinski definition) is 2. The number of benzene rings is 1. The number of anilines is 1. The first kappa shape index (κ1) is 13.6. The van der Waals surface area contributed by atoms with Crippen molar-refractivity contribution >= 4 is 5.69 Å². The van der Waals surface area contributed by atoms with Crippen molar-refractivity contribution < 1.29 is 4.74 Å². The second kappa shape index (κ2) is 8.68. The molecule has 2 nitrogen and oxygen atoms in total. The predicted octanol–water partition coefficient (Wildman–Crippen LogP) is 4.24. The van der Waals surface area contributed by atoms with Crippen LogP contribution in [0, 0.1) is 0 Å². The third-order valence-electron chi connectivity index (χ3n) is 2.57. The molecule has 0 aliphatic heterocycles. The summed E-state index contributed by atoms with van der Waals surface area (Å²) < 4.78 is 5.66. The largest absolute Gasteiger partial charge is 0.493 e. The van der Waals surface area contributed by atoms with E-state index in [0.29, 0.717) is 0 Å². The molecule has 0 radical (unpaired) electrons. The van der Waals surface area contributed by atoms with Crippen LogP contribution < -0.4 is 10.1 Å². The lowest BCUT2D eigenvalue weighted by molar-refractivity contribution is 0.325. The Bertz CT molecular complexity index is 333. The molecule has 0 amide bonds. The number of nitrogens with one attached hydrogen (secondary N) is 1. The maximum Gasteiger partial charge on any atom is 0.121 e. The van der Waals surface area contributed by atoms with Crippen molar-refractivity contribution in [2.75, 3.05) is 19.0 Å². The molecule has 94 valence electrons. The first-order chi connectivity index (χ1) is 8.36. The SMILES string of the molecule is CCCCC=CCCOc1cccc(NC)c1. The van der Waals surface area contributed by atoms with Crippen molar-refractivity contribution in [3.05, 3.63) is 36.4 Å². The predicted molar refractivity (Wildman–Crippen MR) is 74.8 cm³/mol. The van der Waals surface area contributed by atoms with Gasteiger partial charge in [-0.1, -0.05) is 38.0 Å². The van der Waals surface area contributed by atoms with Crippen molar-refractivity contribution in [2.45, 2.75) is 32.6 Å². The first-order valence-electron chi connectivity index (χ1n) is 6.42. The fraction of sp³-hybridized carbons (Fsp3) is 0.467. The molecule has 2 heteroatoms. The van der Waals surface area contributed by atoms with Gasteiger partial charge in [-0.2, -0.15) is 0 Å². The van der Waals surface area contributed by atoms with Gasteiger partial charge in [0.15, 0.2) is 0 Å². The first-order valence-corrected chi connectivity index (χ1v) is 6.42. The van der Waals surface area contributed by atoms with Crippen LogP contribution in [0.1, 0.15) is 32.6 Å². The van der Waals surface area contributed by atoms with E-state index in [1.807, 2.05) is 31.3 Å². The molecule has 0 saturated carbocycles. The number of hydrogen-bond donors (Lipinski definition) is 1. The maximum absolute atomic E-state index is 5.66. The molecule has 0 aromatic heterocycles. The average molecular weight is 233 g/mol. The maximum atomic E-state index is 5.66. The number of rotatable bonds is 8. The third-order valence-corrected chi connectivity index (χ3v) is 2.57. The summed E-state index contributed by atoms with van der Waals surface area (Å²) in [6, 6.07) is 8.03. The second-order valence-corrected chi connectivity index (χ2v) is 4.03. The third kappa shape index (κ3) is 6.00. The van der Waals surface area contributed by atoms with Crippen LogP contribution in [0.5, 0.6) is 5.75 Å². The Morgan fingerprint density at radius 1 is 1.24 bits per heavy atom. The van der Waals surface area contributed by atoms with E-state index < -0.39 is 0 Å². The zero-order valence-electron chi connectivity index (χ0n) is 10.9. The number of unbranched alkanes of at least 4 members (excludes halogenated alkanes) is 2. The van der Waals surface area contributed by atoms with Gasteiger partial charge >= 0.3 is 0 Å². The molecule has 1 N–H and O–H groups in total. The zero-order chi connectivity index (χ0) is 12.3. The molecule has 0 bridgehead atoms. The Morgan fingerprint density at radius 3 is 2.82 bits per heavy atom. The van der Waals surface area contributed by atoms with Gasteiger partial charge in [-0.25, -0.2) is 0 Å². The van der Waals surface area contributed by atoms with Crippen LogP contribution in [0.4, 0.5) is 5.69 Å². The minimum absolute atomic E-state index is 0.746. The fourth-order valence-electron chi connectivity index (χ4n) is 1.54. The molecule has 1 aromatic rings. The Morgan fingerprint density at radius 2 is 2.06 bits per heavy atom. The van der Waals surface area contributed by atoms with Gasteiger partial charge in [-0.3, -0.25) is 0 Å². The molecule has 0 heterocycles. The summed E-state index contributed by atoms with van der Waals surface area (Å²) >= 11 is 0. The highest BCUT2D eigenvalue weighted by atomic mass is 16.5. The van der Waals surface area contributed by atoms with Gasteiger partial charge in [0.2, 0.25) is 0 Å². The second-order valence-electron chi connectivity index (χ2n) is 4.03. The van der Waals surface area contributed by atoms with E-state index in [2.05, 4.69) is 24.4 Å². The molecular formula is C15H23NO. The van der Waals surface area contributed by atoms with E-state index >= 15 is 0 Å². The smallest absolute Gasteiger partial charge is 0.121 e. The van der Waals surface area contributed by atoms with Crippen LogP contribution >= 0.6 is 0 Å². The lowest BCUT2D eigenvalue weighted by Crippen LogP contribution is -1.96. The van der Waals surface area contributed by atoms with Crippen LogP contribution in [0.25, 0.3) is 0 Å². The summed E-state index contributed by atoms with van der Waals surface area (Å²) in [6.07, 6.45) is 9.16. The Labute approximate surface area is 105 Å². The molecule has 17 heavy (non-hydrogen) atoms. The quantitative estimate of drug-likeness (QED) is 0.535. The van der Waals surface area contributed by atoms with Gasteiger partial charge in [0.05, 0.1) is 6.61 Å². The zero-order valence-corrected chi connectivity index (χ0v) is 10.9. The van der Waals surface area contributed by atoms with E-state index in [4.69, 9.17) is 4.74 Å². The Balaban J connectivity index is 2.19. The van der Waals surface area contributed by atoms with E-state index in [1.54, 1.807) is 0 Å². The summed E-state index contributed by atoms with van der Waals surface area (Å²) in [6.45, 7) is 2.96. The van der Waals surface area contributed by atoms with Crippen molar-refractivity contribution in [1.82, 2.24) is 0 Å². The monoisotopic (exact) mass is 233 g/mol. The lowest BCUT2D eigenvalue weighted by Gasteiger charge is -2.06. The molecule has 0 unspecified atom stereocenters. The highest BCUT2D eigenvalue weighted by molar-refractivity contribution is 5.47. The summed E-state index contributed by atoms with van der Waals surface area (Å²) in [4.78, 5) is 0. The molecule has 0 fully saturated rings. The van der Waals surface area contributed by atoms with E-state index in [-0.39, 0.29) is 0 Å². The molecule has 0 aliphatic carbocycles. The Kier molecular flexibility index (Phi) is 6.96.